The van der Waals surface area contributed by atoms with Crippen molar-refractivity contribution in [1.29, 1.82) is 0 Å². The smallest absolute Gasteiger partial charge is 0.258 e. The van der Waals surface area contributed by atoms with Crippen molar-refractivity contribution < 1.29 is 9.18 Å². The summed E-state index contributed by atoms with van der Waals surface area (Å²) in [5.41, 5.74) is 0.220. The molecule has 0 spiro atoms. The first-order valence-corrected chi connectivity index (χ1v) is 6.19. The van der Waals surface area contributed by atoms with Gasteiger partial charge in [-0.05, 0) is 41.1 Å². The lowest BCUT2D eigenvalue weighted by atomic mass is 10.2. The van der Waals surface area contributed by atoms with Crippen LogP contribution in [0.3, 0.4) is 0 Å². The van der Waals surface area contributed by atoms with E-state index in [1.165, 1.54) is 12.1 Å². The Bertz CT molecular complexity index is 572. The molecule has 0 fully saturated rings. The number of aromatic nitrogens is 2. The lowest BCUT2D eigenvalue weighted by Crippen LogP contribution is -2.12. The third-order valence-electron chi connectivity index (χ3n) is 1.92. The summed E-state index contributed by atoms with van der Waals surface area (Å²) in [4.78, 5) is 15.8. The molecule has 0 radical (unpaired) electrons. The van der Waals surface area contributed by atoms with Crippen molar-refractivity contribution in [2.75, 3.05) is 5.32 Å². The Morgan fingerprint density at radius 1 is 1.53 bits per heavy atom. The van der Waals surface area contributed by atoms with Crippen molar-refractivity contribution in [2.24, 2.45) is 0 Å². The highest BCUT2D eigenvalue weighted by Gasteiger charge is 2.13. The van der Waals surface area contributed by atoms with E-state index in [2.05, 4.69) is 30.6 Å². The van der Waals surface area contributed by atoms with Gasteiger partial charge in [-0.15, -0.1) is 0 Å². The Hall–Kier alpha value is -1.34. The minimum Gasteiger partial charge on any atom is -0.297 e. The van der Waals surface area contributed by atoms with Crippen LogP contribution in [0.2, 0.25) is 0 Å². The number of amides is 1. The van der Waals surface area contributed by atoms with Gasteiger partial charge in [0.2, 0.25) is 5.13 Å². The van der Waals surface area contributed by atoms with Crippen molar-refractivity contribution >= 4 is 38.5 Å². The van der Waals surface area contributed by atoms with Crippen LogP contribution in [0.4, 0.5) is 9.52 Å². The fraction of sp³-hybridized carbons (Fsp3) is 0.100. The fourth-order valence-corrected chi connectivity index (χ4v) is 2.18. The quantitative estimate of drug-likeness (QED) is 0.926. The molecule has 1 heterocycles. The fourth-order valence-electron chi connectivity index (χ4n) is 1.18. The van der Waals surface area contributed by atoms with Crippen LogP contribution in [-0.2, 0) is 0 Å². The number of anilines is 1. The molecule has 0 unspecified atom stereocenters. The van der Waals surface area contributed by atoms with Gasteiger partial charge in [0.1, 0.15) is 11.6 Å². The van der Waals surface area contributed by atoms with Crippen LogP contribution >= 0.6 is 27.5 Å². The molecule has 0 aliphatic heterocycles. The number of hydrogen-bond donors (Lipinski definition) is 1. The average Bonchev–Trinajstić information content (AvgIpc) is 2.67. The molecule has 0 aliphatic rings. The van der Waals surface area contributed by atoms with Crippen LogP contribution in [0.5, 0.6) is 0 Å². The first-order chi connectivity index (χ1) is 8.06. The Balaban J connectivity index is 2.22. The summed E-state index contributed by atoms with van der Waals surface area (Å²) in [5.74, 6) is -0.303. The molecule has 0 saturated heterocycles. The van der Waals surface area contributed by atoms with Crippen molar-refractivity contribution in [2.45, 2.75) is 6.92 Å². The van der Waals surface area contributed by atoms with Gasteiger partial charge in [0.25, 0.3) is 5.91 Å². The average molecular weight is 316 g/mol. The van der Waals surface area contributed by atoms with E-state index >= 15 is 0 Å². The Morgan fingerprint density at radius 2 is 2.29 bits per heavy atom. The maximum atomic E-state index is 13.0. The molecule has 1 aromatic heterocycles. The van der Waals surface area contributed by atoms with E-state index in [1.54, 1.807) is 6.92 Å². The number of carbonyl (C=O) groups excluding carboxylic acids is 1. The molecule has 0 atom stereocenters. The second-order valence-electron chi connectivity index (χ2n) is 3.23. The highest BCUT2D eigenvalue weighted by atomic mass is 79.9. The van der Waals surface area contributed by atoms with Crippen LogP contribution < -0.4 is 5.32 Å². The standard InChI is InChI=1S/C10H7BrFN3OS/c1-5-13-10(17-15-5)14-9(16)7-4-6(12)2-3-8(7)11/h2-4H,1H3,(H,13,14,15,16). The third kappa shape index (κ3) is 2.86. The Morgan fingerprint density at radius 3 is 2.94 bits per heavy atom. The van der Waals surface area contributed by atoms with Crippen LogP contribution in [0.15, 0.2) is 22.7 Å². The second kappa shape index (κ2) is 4.89. The zero-order valence-corrected chi connectivity index (χ0v) is 11.1. The van der Waals surface area contributed by atoms with E-state index in [-0.39, 0.29) is 5.56 Å². The molecule has 0 aliphatic carbocycles. The summed E-state index contributed by atoms with van der Waals surface area (Å²) in [6.45, 7) is 1.73. The van der Waals surface area contributed by atoms with Crippen LogP contribution in [-0.4, -0.2) is 15.3 Å². The Kier molecular flexibility index (Phi) is 3.49. The number of nitrogens with one attached hydrogen (secondary N) is 1. The number of carbonyl (C=O) groups is 1. The first-order valence-electron chi connectivity index (χ1n) is 4.63. The normalized spacial score (nSPS) is 10.3. The highest BCUT2D eigenvalue weighted by molar-refractivity contribution is 9.10. The van der Waals surface area contributed by atoms with Gasteiger partial charge in [-0.2, -0.15) is 4.37 Å². The molecule has 0 saturated carbocycles. The van der Waals surface area contributed by atoms with Crippen LogP contribution in [0.25, 0.3) is 0 Å². The minimum absolute atomic E-state index is 0.220. The van der Waals surface area contributed by atoms with E-state index in [0.29, 0.717) is 15.4 Å². The number of halogens is 2. The van der Waals surface area contributed by atoms with Gasteiger partial charge in [0.05, 0.1) is 5.56 Å². The SMILES string of the molecule is Cc1nsc(NC(=O)c2cc(F)ccc2Br)n1. The van der Waals surface area contributed by atoms with Gasteiger partial charge in [-0.1, -0.05) is 0 Å². The molecule has 0 bridgehead atoms. The van der Waals surface area contributed by atoms with E-state index in [9.17, 15) is 9.18 Å². The summed E-state index contributed by atoms with van der Waals surface area (Å²) in [6, 6.07) is 3.92. The molecule has 2 rings (SSSR count). The predicted molar refractivity (Wildman–Crippen MR) is 66.7 cm³/mol. The van der Waals surface area contributed by atoms with Gasteiger partial charge < -0.3 is 0 Å². The molecular weight excluding hydrogens is 309 g/mol. The van der Waals surface area contributed by atoms with Crippen molar-refractivity contribution in [3.05, 3.63) is 39.9 Å². The van der Waals surface area contributed by atoms with E-state index < -0.39 is 11.7 Å². The zero-order valence-electron chi connectivity index (χ0n) is 8.70. The molecule has 1 aromatic carbocycles. The summed E-state index contributed by atoms with van der Waals surface area (Å²) < 4.78 is 17.5. The molecule has 88 valence electrons. The maximum Gasteiger partial charge on any atom is 0.258 e. The first kappa shape index (κ1) is 12.1. The third-order valence-corrected chi connectivity index (χ3v) is 3.33. The summed E-state index contributed by atoms with van der Waals surface area (Å²) >= 11 is 4.27. The molecular formula is C10H7BrFN3OS. The van der Waals surface area contributed by atoms with Crippen LogP contribution in [0, 0.1) is 12.7 Å². The molecule has 1 N–H and O–H groups in total. The largest absolute Gasteiger partial charge is 0.297 e. The van der Waals surface area contributed by atoms with Crippen LogP contribution in [0.1, 0.15) is 16.2 Å². The van der Waals surface area contributed by atoms with Gasteiger partial charge in [-0.3, -0.25) is 10.1 Å². The monoisotopic (exact) mass is 315 g/mol. The molecule has 4 nitrogen and oxygen atoms in total. The summed E-state index contributed by atoms with van der Waals surface area (Å²) in [5, 5.41) is 2.95. The number of aryl methyl sites for hydroxylation is 1. The van der Waals surface area contributed by atoms with Crippen molar-refractivity contribution in [1.82, 2.24) is 9.36 Å². The highest BCUT2D eigenvalue weighted by Crippen LogP contribution is 2.20. The predicted octanol–water partition coefficient (Wildman–Crippen LogP) is 3.00. The molecule has 17 heavy (non-hydrogen) atoms. The summed E-state index contributed by atoms with van der Waals surface area (Å²) in [7, 11) is 0. The van der Waals surface area contributed by atoms with Gasteiger partial charge in [-0.25, -0.2) is 9.37 Å². The number of nitrogens with zero attached hydrogens (tertiary/aromatic N) is 2. The topological polar surface area (TPSA) is 54.9 Å². The van der Waals surface area contributed by atoms with Gasteiger partial charge in [0, 0.05) is 16.0 Å². The lowest BCUT2D eigenvalue weighted by molar-refractivity contribution is 0.102. The van der Waals surface area contributed by atoms with Gasteiger partial charge >= 0.3 is 0 Å². The molecule has 7 heteroatoms. The van der Waals surface area contributed by atoms with E-state index in [0.717, 1.165) is 17.6 Å². The maximum absolute atomic E-state index is 13.0. The molecule has 1 amide bonds. The lowest BCUT2D eigenvalue weighted by Gasteiger charge is -2.03. The van der Waals surface area contributed by atoms with E-state index in [1.807, 2.05) is 0 Å². The van der Waals surface area contributed by atoms with Crippen molar-refractivity contribution in [3.63, 3.8) is 0 Å². The number of benzene rings is 1. The minimum atomic E-state index is -0.466. The zero-order chi connectivity index (χ0) is 12.4. The second-order valence-corrected chi connectivity index (χ2v) is 4.83. The summed E-state index contributed by atoms with van der Waals surface area (Å²) in [6.07, 6.45) is 0. The van der Waals surface area contributed by atoms with E-state index in [4.69, 9.17) is 0 Å². The number of hydrogen-bond acceptors (Lipinski definition) is 4. The van der Waals surface area contributed by atoms with Gasteiger partial charge in [0.15, 0.2) is 0 Å². The molecule has 2 aromatic rings. The Labute approximate surface area is 109 Å². The van der Waals surface area contributed by atoms with Crippen molar-refractivity contribution in [3.8, 4) is 0 Å². The number of rotatable bonds is 2.